The molecule has 3 aromatic heterocycles. The minimum Gasteiger partial charge on any atom is -0.351 e. The molecule has 1 aliphatic rings. The van der Waals surface area contributed by atoms with E-state index in [2.05, 4.69) is 46.7 Å². The molecule has 0 saturated carbocycles. The van der Waals surface area contributed by atoms with Crippen LogP contribution in [0.5, 0.6) is 0 Å². The number of anilines is 2. The quantitative estimate of drug-likeness (QED) is 0.651. The molecule has 21 heavy (non-hydrogen) atoms. The molecule has 4 rings (SSSR count). The van der Waals surface area contributed by atoms with E-state index in [1.54, 1.807) is 22.7 Å². The minimum atomic E-state index is 0.826. The first-order valence-electron chi connectivity index (χ1n) is 6.76. The number of piperazine rings is 1. The molecule has 8 heteroatoms. The summed E-state index contributed by atoms with van der Waals surface area (Å²) in [5.41, 5.74) is 1.24. The predicted octanol–water partition coefficient (Wildman–Crippen LogP) is 3.07. The smallest absolute Gasteiger partial charge is 0.195 e. The highest BCUT2D eigenvalue weighted by Gasteiger charge is 2.23. The topological polar surface area (TPSA) is 36.7 Å². The molecule has 0 bridgehead atoms. The second-order valence-corrected chi connectivity index (χ2v) is 7.17. The van der Waals surface area contributed by atoms with Crippen molar-refractivity contribution in [3.8, 4) is 0 Å². The van der Waals surface area contributed by atoms with Crippen LogP contribution in [0.15, 0.2) is 23.2 Å². The Morgan fingerprint density at radius 1 is 1.10 bits per heavy atom. The van der Waals surface area contributed by atoms with Gasteiger partial charge in [-0.15, -0.1) is 22.7 Å². The maximum absolute atomic E-state index is 4.80. The number of alkyl halides is 1. The number of aromatic nitrogens is 3. The van der Waals surface area contributed by atoms with Crippen LogP contribution >= 0.6 is 38.6 Å². The number of hydrogen-bond acceptors (Lipinski definition) is 6. The standard InChI is InChI=1S/C13H14BrN5S2/c14-9-10-11(16-13-19(10)6-8-21-13)17-2-4-18(5-3-17)12-15-1-7-20-12/h1,6-8H,2-5,9H2. The zero-order chi connectivity index (χ0) is 14.2. The molecule has 0 atom stereocenters. The average molecular weight is 384 g/mol. The number of hydrogen-bond donors (Lipinski definition) is 0. The van der Waals surface area contributed by atoms with Crippen LogP contribution in [-0.4, -0.2) is 40.5 Å². The predicted molar refractivity (Wildman–Crippen MR) is 92.2 cm³/mol. The van der Waals surface area contributed by atoms with Gasteiger partial charge in [-0.3, -0.25) is 4.40 Å². The number of nitrogens with zero attached hydrogens (tertiary/aromatic N) is 5. The van der Waals surface area contributed by atoms with Crippen molar-refractivity contribution in [3.05, 3.63) is 28.8 Å². The lowest BCUT2D eigenvalue weighted by Crippen LogP contribution is -2.47. The van der Waals surface area contributed by atoms with E-state index in [1.807, 2.05) is 11.6 Å². The van der Waals surface area contributed by atoms with Gasteiger partial charge in [0.05, 0.1) is 5.69 Å². The van der Waals surface area contributed by atoms with E-state index in [0.717, 1.165) is 47.4 Å². The third kappa shape index (κ3) is 2.35. The summed E-state index contributed by atoms with van der Waals surface area (Å²) in [5, 5.41) is 6.07. The minimum absolute atomic E-state index is 0.826. The Balaban J connectivity index is 1.56. The molecule has 0 aromatic carbocycles. The largest absolute Gasteiger partial charge is 0.351 e. The van der Waals surface area contributed by atoms with Crippen LogP contribution in [0.1, 0.15) is 5.69 Å². The summed E-state index contributed by atoms with van der Waals surface area (Å²) in [5.74, 6) is 1.12. The molecule has 4 heterocycles. The van der Waals surface area contributed by atoms with Gasteiger partial charge in [-0.2, -0.15) is 0 Å². The normalized spacial score (nSPS) is 16.0. The van der Waals surface area contributed by atoms with Gasteiger partial charge in [0.1, 0.15) is 0 Å². The van der Waals surface area contributed by atoms with Crippen molar-refractivity contribution in [3.63, 3.8) is 0 Å². The summed E-state index contributed by atoms with van der Waals surface area (Å²) in [6.45, 7) is 3.98. The number of halogens is 1. The fourth-order valence-electron chi connectivity index (χ4n) is 2.68. The van der Waals surface area contributed by atoms with Crippen LogP contribution in [0.4, 0.5) is 10.9 Å². The molecule has 0 unspecified atom stereocenters. The van der Waals surface area contributed by atoms with Gasteiger partial charge in [0, 0.05) is 54.7 Å². The van der Waals surface area contributed by atoms with Crippen molar-refractivity contribution < 1.29 is 0 Å². The van der Waals surface area contributed by atoms with Crippen molar-refractivity contribution in [2.75, 3.05) is 36.0 Å². The molecule has 5 nitrogen and oxygen atoms in total. The van der Waals surface area contributed by atoms with Gasteiger partial charge in [-0.25, -0.2) is 9.97 Å². The van der Waals surface area contributed by atoms with E-state index >= 15 is 0 Å². The van der Waals surface area contributed by atoms with E-state index in [-0.39, 0.29) is 0 Å². The van der Waals surface area contributed by atoms with Crippen molar-refractivity contribution >= 4 is 54.5 Å². The van der Waals surface area contributed by atoms with Gasteiger partial charge in [-0.05, 0) is 0 Å². The van der Waals surface area contributed by atoms with Crippen molar-refractivity contribution in [1.82, 2.24) is 14.4 Å². The maximum Gasteiger partial charge on any atom is 0.195 e. The first-order chi connectivity index (χ1) is 10.4. The van der Waals surface area contributed by atoms with Crippen molar-refractivity contribution in [2.24, 2.45) is 0 Å². The van der Waals surface area contributed by atoms with Crippen molar-refractivity contribution in [2.45, 2.75) is 5.33 Å². The number of thiazole rings is 2. The van der Waals surface area contributed by atoms with Gasteiger partial charge in [0.15, 0.2) is 15.9 Å². The number of imidazole rings is 1. The van der Waals surface area contributed by atoms with Gasteiger partial charge in [-0.1, -0.05) is 15.9 Å². The Labute approximate surface area is 139 Å². The van der Waals surface area contributed by atoms with E-state index < -0.39 is 0 Å². The Hall–Kier alpha value is -1.12. The Morgan fingerprint density at radius 3 is 2.62 bits per heavy atom. The molecule has 0 amide bonds. The third-order valence-electron chi connectivity index (χ3n) is 3.74. The summed E-state index contributed by atoms with van der Waals surface area (Å²) in [6, 6.07) is 0. The molecular weight excluding hydrogens is 370 g/mol. The highest BCUT2D eigenvalue weighted by molar-refractivity contribution is 9.08. The van der Waals surface area contributed by atoms with Gasteiger partial charge in [0.2, 0.25) is 0 Å². The summed E-state index contributed by atoms with van der Waals surface area (Å²) in [7, 11) is 0. The summed E-state index contributed by atoms with van der Waals surface area (Å²) in [4.78, 5) is 15.0. The highest BCUT2D eigenvalue weighted by Crippen LogP contribution is 2.28. The zero-order valence-electron chi connectivity index (χ0n) is 11.3. The van der Waals surface area contributed by atoms with Crippen LogP contribution in [0.3, 0.4) is 0 Å². The maximum atomic E-state index is 4.80. The summed E-state index contributed by atoms with van der Waals surface area (Å²) < 4.78 is 2.18. The van der Waals surface area contributed by atoms with Gasteiger partial charge >= 0.3 is 0 Å². The molecule has 1 saturated heterocycles. The molecule has 0 radical (unpaired) electrons. The summed E-state index contributed by atoms with van der Waals surface area (Å²) in [6.07, 6.45) is 3.97. The zero-order valence-corrected chi connectivity index (χ0v) is 14.5. The molecule has 1 fully saturated rings. The molecule has 1 aliphatic heterocycles. The molecular formula is C13H14BrN5S2. The number of fused-ring (bicyclic) bond motifs is 1. The van der Waals surface area contributed by atoms with Gasteiger partial charge in [0.25, 0.3) is 0 Å². The second kappa shape index (κ2) is 5.58. The van der Waals surface area contributed by atoms with Crippen LogP contribution in [0.2, 0.25) is 0 Å². The SMILES string of the molecule is BrCc1c(N2CCN(c3nccs3)CC2)nc2sccn12. The fraction of sp³-hybridized carbons (Fsp3) is 0.385. The monoisotopic (exact) mass is 383 g/mol. The van der Waals surface area contributed by atoms with E-state index in [4.69, 9.17) is 4.98 Å². The Kier molecular flexibility index (Phi) is 3.60. The lowest BCUT2D eigenvalue weighted by molar-refractivity contribution is 0.646. The molecule has 0 spiro atoms. The summed E-state index contributed by atoms with van der Waals surface area (Å²) >= 11 is 7.00. The number of rotatable bonds is 3. The van der Waals surface area contributed by atoms with Crippen LogP contribution in [0.25, 0.3) is 4.96 Å². The van der Waals surface area contributed by atoms with E-state index in [9.17, 15) is 0 Å². The van der Waals surface area contributed by atoms with Gasteiger partial charge < -0.3 is 9.80 Å². The lowest BCUT2D eigenvalue weighted by Gasteiger charge is -2.35. The van der Waals surface area contributed by atoms with Crippen LogP contribution in [-0.2, 0) is 5.33 Å². The van der Waals surface area contributed by atoms with Crippen molar-refractivity contribution in [1.29, 1.82) is 0 Å². The Bertz CT molecular complexity index is 727. The third-order valence-corrected chi connectivity index (χ3v) is 5.86. The first-order valence-corrected chi connectivity index (χ1v) is 9.64. The molecule has 0 N–H and O–H groups in total. The lowest BCUT2D eigenvalue weighted by atomic mass is 10.3. The van der Waals surface area contributed by atoms with E-state index in [1.165, 1.54) is 5.69 Å². The molecule has 3 aromatic rings. The Morgan fingerprint density at radius 2 is 1.90 bits per heavy atom. The first kappa shape index (κ1) is 13.5. The highest BCUT2D eigenvalue weighted by atomic mass is 79.9. The van der Waals surface area contributed by atoms with Crippen LogP contribution in [0, 0.1) is 0 Å². The van der Waals surface area contributed by atoms with E-state index in [0.29, 0.717) is 0 Å². The fourth-order valence-corrected chi connectivity index (χ4v) is 4.63. The molecule has 0 aliphatic carbocycles. The second-order valence-electron chi connectivity index (χ2n) is 4.86. The van der Waals surface area contributed by atoms with Crippen LogP contribution < -0.4 is 9.80 Å². The molecule has 110 valence electrons. The average Bonchev–Trinajstić information content (AvgIpc) is 3.23.